The van der Waals surface area contributed by atoms with Crippen LogP contribution >= 0.6 is 11.6 Å². The number of nitrogens with zero attached hydrogens (tertiary/aromatic N) is 2. The molecular weight excluding hydrogens is 490 g/mol. The van der Waals surface area contributed by atoms with Crippen molar-refractivity contribution in [3.05, 3.63) is 100 Å². The molecule has 194 valence electrons. The first-order chi connectivity index (χ1) is 18.0. The molecule has 3 aromatic carbocycles. The zero-order chi connectivity index (χ0) is 26.0. The topological polar surface area (TPSA) is 35.0 Å². The first-order valence-electron chi connectivity index (χ1n) is 13.1. The maximum Gasteiger partial charge on any atom is 0.155 e. The number of benzene rings is 3. The van der Waals surface area contributed by atoms with E-state index < -0.39 is 5.82 Å². The molecule has 3 nitrogen and oxygen atoms in total. The number of unbranched alkanes of at least 4 members (excludes halogenated alkanes) is 4. The summed E-state index contributed by atoms with van der Waals surface area (Å²) in [5.74, 6) is 0.796. The summed E-state index contributed by atoms with van der Waals surface area (Å²) in [6.45, 7) is 2.91. The van der Waals surface area contributed by atoms with Gasteiger partial charge in [-0.2, -0.15) is 0 Å². The lowest BCUT2D eigenvalue weighted by Gasteiger charge is -2.09. The summed E-state index contributed by atoms with van der Waals surface area (Å²) in [6, 6.07) is 14.3. The van der Waals surface area contributed by atoms with E-state index in [1.165, 1.54) is 37.8 Å². The van der Waals surface area contributed by atoms with Crippen molar-refractivity contribution in [2.75, 3.05) is 6.61 Å². The largest absolute Gasteiger partial charge is 0.490 e. The Morgan fingerprint density at radius 2 is 1.51 bits per heavy atom. The maximum atomic E-state index is 15.2. The van der Waals surface area contributed by atoms with E-state index in [1.54, 1.807) is 18.5 Å². The average Bonchev–Trinajstić information content (AvgIpc) is 2.91. The molecule has 0 bridgehead atoms. The van der Waals surface area contributed by atoms with Gasteiger partial charge < -0.3 is 4.74 Å². The predicted molar refractivity (Wildman–Crippen MR) is 146 cm³/mol. The number of hydrogen-bond donors (Lipinski definition) is 0. The Bertz CT molecular complexity index is 1310. The maximum absolute atomic E-state index is 15.2. The lowest BCUT2D eigenvalue weighted by Crippen LogP contribution is -2.02. The van der Waals surface area contributed by atoms with E-state index in [1.807, 2.05) is 30.3 Å². The molecule has 6 heteroatoms. The van der Waals surface area contributed by atoms with Crippen LogP contribution in [0.1, 0.15) is 61.5 Å². The van der Waals surface area contributed by atoms with Crippen LogP contribution in [0.15, 0.2) is 60.9 Å². The van der Waals surface area contributed by atoms with Gasteiger partial charge in [0.1, 0.15) is 17.5 Å². The highest BCUT2D eigenvalue weighted by Gasteiger charge is 2.10. The molecule has 0 aliphatic heterocycles. The molecule has 1 aromatic heterocycles. The standard InChI is InChI=1S/C31H33ClF2N2O/c1-2-3-4-5-6-17-37-26-20-35-30(36-21-26)16-10-22-8-14-27-25(18-22)13-12-24(31(27)34)11-7-23-9-15-28(32)29(33)19-23/h8-9,12-15,18-21H,2-7,10-11,16-17H2,1H3. The second-order valence-electron chi connectivity index (χ2n) is 9.44. The zero-order valence-electron chi connectivity index (χ0n) is 21.3. The fraction of sp³-hybridized carbons (Fsp3) is 0.355. The van der Waals surface area contributed by atoms with Gasteiger partial charge in [0.2, 0.25) is 0 Å². The Balaban J connectivity index is 1.30. The van der Waals surface area contributed by atoms with Gasteiger partial charge in [0.05, 0.1) is 24.0 Å². The summed E-state index contributed by atoms with van der Waals surface area (Å²) in [4.78, 5) is 8.88. The van der Waals surface area contributed by atoms with Crippen molar-refractivity contribution in [3.63, 3.8) is 0 Å². The summed E-state index contributed by atoms with van der Waals surface area (Å²) in [5.41, 5.74) is 2.51. The number of aromatic nitrogens is 2. The van der Waals surface area contributed by atoms with Crippen LogP contribution in [0.2, 0.25) is 5.02 Å². The van der Waals surface area contributed by atoms with Gasteiger partial charge in [-0.25, -0.2) is 18.7 Å². The van der Waals surface area contributed by atoms with Crippen molar-refractivity contribution in [2.24, 2.45) is 0 Å². The monoisotopic (exact) mass is 522 g/mol. The summed E-state index contributed by atoms with van der Waals surface area (Å²) < 4.78 is 34.6. The third kappa shape index (κ3) is 7.72. The highest BCUT2D eigenvalue weighted by atomic mass is 35.5. The second kappa shape index (κ2) is 13.5. The van der Waals surface area contributed by atoms with E-state index in [4.69, 9.17) is 16.3 Å². The first-order valence-corrected chi connectivity index (χ1v) is 13.5. The molecule has 0 saturated carbocycles. The Kier molecular flexibility index (Phi) is 9.84. The van der Waals surface area contributed by atoms with Crippen LogP contribution in [-0.4, -0.2) is 16.6 Å². The molecule has 0 saturated heterocycles. The van der Waals surface area contributed by atoms with Gasteiger partial charge in [-0.1, -0.05) is 80.6 Å². The minimum absolute atomic E-state index is 0.0949. The molecule has 0 spiro atoms. The Morgan fingerprint density at radius 1 is 0.784 bits per heavy atom. The Labute approximate surface area is 222 Å². The minimum atomic E-state index is -0.450. The van der Waals surface area contributed by atoms with E-state index in [-0.39, 0.29) is 10.8 Å². The molecule has 0 aliphatic rings. The number of fused-ring (bicyclic) bond motifs is 1. The fourth-order valence-electron chi connectivity index (χ4n) is 4.41. The van der Waals surface area contributed by atoms with E-state index >= 15 is 4.39 Å². The quantitative estimate of drug-likeness (QED) is 0.165. The normalized spacial score (nSPS) is 11.2. The summed E-state index contributed by atoms with van der Waals surface area (Å²) in [5, 5.41) is 1.55. The van der Waals surface area contributed by atoms with Crippen LogP contribution in [0.3, 0.4) is 0 Å². The number of aryl methyl sites for hydroxylation is 4. The molecule has 0 N–H and O–H groups in total. The van der Waals surface area contributed by atoms with Crippen LogP contribution in [0.4, 0.5) is 8.78 Å². The Morgan fingerprint density at radius 3 is 2.30 bits per heavy atom. The van der Waals surface area contributed by atoms with Gasteiger partial charge in [-0.3, -0.25) is 0 Å². The van der Waals surface area contributed by atoms with E-state index in [0.717, 1.165) is 35.2 Å². The van der Waals surface area contributed by atoms with Crippen molar-refractivity contribution >= 4 is 22.4 Å². The van der Waals surface area contributed by atoms with Crippen molar-refractivity contribution in [1.82, 2.24) is 9.97 Å². The summed E-state index contributed by atoms with van der Waals surface area (Å²) in [6.07, 6.45) is 12.0. The summed E-state index contributed by atoms with van der Waals surface area (Å²) >= 11 is 5.75. The van der Waals surface area contributed by atoms with Gasteiger partial charge >= 0.3 is 0 Å². The lowest BCUT2D eigenvalue weighted by atomic mass is 9.98. The van der Waals surface area contributed by atoms with Gasteiger partial charge in [-0.05, 0) is 59.9 Å². The smallest absolute Gasteiger partial charge is 0.155 e. The van der Waals surface area contributed by atoms with Crippen molar-refractivity contribution in [3.8, 4) is 5.75 Å². The van der Waals surface area contributed by atoms with E-state index in [0.29, 0.717) is 42.6 Å². The molecule has 1 heterocycles. The first kappa shape index (κ1) is 27.0. The molecular formula is C31H33ClF2N2O. The number of ether oxygens (including phenoxy) is 1. The van der Waals surface area contributed by atoms with Gasteiger partial charge in [0.25, 0.3) is 0 Å². The average molecular weight is 523 g/mol. The molecule has 0 aliphatic carbocycles. The van der Waals surface area contributed by atoms with Crippen molar-refractivity contribution in [1.29, 1.82) is 0 Å². The third-order valence-electron chi connectivity index (χ3n) is 6.60. The summed E-state index contributed by atoms with van der Waals surface area (Å²) in [7, 11) is 0. The van der Waals surface area contributed by atoms with Crippen molar-refractivity contribution < 1.29 is 13.5 Å². The van der Waals surface area contributed by atoms with Gasteiger partial charge in [-0.15, -0.1) is 0 Å². The fourth-order valence-corrected chi connectivity index (χ4v) is 4.53. The number of hydrogen-bond acceptors (Lipinski definition) is 3. The third-order valence-corrected chi connectivity index (χ3v) is 6.91. The SMILES string of the molecule is CCCCCCCOc1cnc(CCc2ccc3c(F)c(CCc4ccc(Cl)c(F)c4)ccc3c2)nc1. The van der Waals surface area contributed by atoms with E-state index in [2.05, 4.69) is 16.9 Å². The van der Waals surface area contributed by atoms with Crippen LogP contribution < -0.4 is 4.74 Å². The predicted octanol–water partition coefficient (Wildman–Crippen LogP) is 8.48. The van der Waals surface area contributed by atoms with Crippen LogP contribution in [-0.2, 0) is 25.7 Å². The molecule has 4 aromatic rings. The highest BCUT2D eigenvalue weighted by Crippen LogP contribution is 2.25. The van der Waals surface area contributed by atoms with Crippen LogP contribution in [0.25, 0.3) is 10.8 Å². The number of halogens is 3. The number of rotatable bonds is 13. The lowest BCUT2D eigenvalue weighted by molar-refractivity contribution is 0.302. The van der Waals surface area contributed by atoms with Crippen LogP contribution in [0.5, 0.6) is 5.75 Å². The molecule has 0 radical (unpaired) electrons. The second-order valence-corrected chi connectivity index (χ2v) is 9.85. The molecule has 0 unspecified atom stereocenters. The van der Waals surface area contributed by atoms with Crippen LogP contribution in [0, 0.1) is 11.6 Å². The molecule has 4 rings (SSSR count). The van der Waals surface area contributed by atoms with E-state index in [9.17, 15) is 4.39 Å². The Hall–Kier alpha value is -3.05. The molecule has 0 amide bonds. The van der Waals surface area contributed by atoms with Gasteiger partial charge in [0.15, 0.2) is 5.75 Å². The van der Waals surface area contributed by atoms with Gasteiger partial charge in [0, 0.05) is 11.8 Å². The highest BCUT2D eigenvalue weighted by molar-refractivity contribution is 6.30. The molecule has 37 heavy (non-hydrogen) atoms. The zero-order valence-corrected chi connectivity index (χ0v) is 22.0. The minimum Gasteiger partial charge on any atom is -0.490 e. The molecule has 0 fully saturated rings. The molecule has 0 atom stereocenters. The van der Waals surface area contributed by atoms with Crippen molar-refractivity contribution in [2.45, 2.75) is 64.7 Å².